The van der Waals surface area contributed by atoms with Crippen LogP contribution in [-0.4, -0.2) is 58.8 Å². The highest BCUT2D eigenvalue weighted by atomic mass is 16.5. The second kappa shape index (κ2) is 7.42. The maximum absolute atomic E-state index is 12.9. The average Bonchev–Trinajstić information content (AvgIpc) is 3.18. The Hall–Kier alpha value is -3.03. The monoisotopic (exact) mass is 398 g/mol. The number of piperidine rings is 1. The van der Waals surface area contributed by atoms with E-state index in [1.807, 2.05) is 18.7 Å². The number of hydrogen-bond donors (Lipinski definition) is 1. The van der Waals surface area contributed by atoms with E-state index >= 15 is 0 Å². The van der Waals surface area contributed by atoms with Gasteiger partial charge in [0.2, 0.25) is 0 Å². The highest BCUT2D eigenvalue weighted by Crippen LogP contribution is 2.35. The van der Waals surface area contributed by atoms with Gasteiger partial charge in [0, 0.05) is 44.2 Å². The van der Waals surface area contributed by atoms with E-state index in [0.29, 0.717) is 55.1 Å². The van der Waals surface area contributed by atoms with Crippen molar-refractivity contribution < 1.29 is 19.1 Å². The van der Waals surface area contributed by atoms with E-state index in [1.54, 1.807) is 42.4 Å². The van der Waals surface area contributed by atoms with Gasteiger partial charge in [-0.05, 0) is 26.0 Å². The van der Waals surface area contributed by atoms with Crippen molar-refractivity contribution >= 4 is 11.8 Å². The fraction of sp³-hybridized carbons (Fsp3) is 0.476. The lowest BCUT2D eigenvalue weighted by Crippen LogP contribution is -2.54. The highest BCUT2D eigenvalue weighted by Gasteiger charge is 2.41. The number of ether oxygens (including phenoxy) is 2. The molecule has 1 fully saturated rings. The topological polar surface area (TPSA) is 85.7 Å². The second-order valence-electron chi connectivity index (χ2n) is 7.92. The van der Waals surface area contributed by atoms with Crippen molar-refractivity contribution in [2.24, 2.45) is 0 Å². The Morgan fingerprint density at radius 3 is 2.72 bits per heavy atom. The maximum Gasteiger partial charge on any atom is 0.257 e. The Kier molecular flexibility index (Phi) is 4.94. The number of carbonyl (C=O) groups is 2. The number of fused-ring (bicyclic) bond motifs is 1. The van der Waals surface area contributed by atoms with Gasteiger partial charge in [-0.25, -0.2) is 0 Å². The summed E-state index contributed by atoms with van der Waals surface area (Å²) < 4.78 is 13.4. The molecule has 29 heavy (non-hydrogen) atoms. The lowest BCUT2D eigenvalue weighted by Gasteiger charge is -2.41. The van der Waals surface area contributed by atoms with Crippen LogP contribution < -0.4 is 14.8 Å². The minimum atomic E-state index is -0.536. The Balaban J connectivity index is 1.49. The molecule has 2 aliphatic heterocycles. The lowest BCUT2D eigenvalue weighted by molar-refractivity contribution is 0.00762. The summed E-state index contributed by atoms with van der Waals surface area (Å²) in [6.07, 6.45) is 4.68. The van der Waals surface area contributed by atoms with Crippen molar-refractivity contribution in [3.05, 3.63) is 41.7 Å². The number of nitrogens with one attached hydrogen (secondary N) is 1. The summed E-state index contributed by atoms with van der Waals surface area (Å²) in [6.45, 7) is 5.57. The molecule has 0 unspecified atom stereocenters. The fourth-order valence-electron chi connectivity index (χ4n) is 3.82. The number of rotatable bonds is 3. The summed E-state index contributed by atoms with van der Waals surface area (Å²) in [7, 11) is 1.58. The first-order valence-electron chi connectivity index (χ1n) is 9.89. The zero-order valence-corrected chi connectivity index (χ0v) is 17.0. The molecule has 0 bridgehead atoms. The van der Waals surface area contributed by atoms with Gasteiger partial charge in [-0.2, -0.15) is 5.10 Å². The molecule has 0 radical (unpaired) electrons. The molecule has 1 aromatic heterocycles. The Morgan fingerprint density at radius 1 is 1.31 bits per heavy atom. The van der Waals surface area contributed by atoms with Crippen LogP contribution in [0.4, 0.5) is 0 Å². The molecular weight excluding hydrogens is 372 g/mol. The first-order chi connectivity index (χ1) is 13.9. The molecule has 4 rings (SSSR count). The van der Waals surface area contributed by atoms with Gasteiger partial charge in [0.1, 0.15) is 17.1 Å². The van der Waals surface area contributed by atoms with Gasteiger partial charge in [-0.3, -0.25) is 14.3 Å². The first kappa shape index (κ1) is 19.3. The number of nitrogens with zero attached hydrogens (tertiary/aromatic N) is 3. The summed E-state index contributed by atoms with van der Waals surface area (Å²) in [6, 6.07) is 5.42. The van der Waals surface area contributed by atoms with Crippen LogP contribution in [0.15, 0.2) is 30.6 Å². The quantitative estimate of drug-likeness (QED) is 0.857. The molecule has 1 spiro atoms. The standard InChI is InChI=1S/C21H26N4O4/c1-14(2)25-12-15(11-23-25)20(27)24-8-6-21(7-9-24)13-22-19(26)17-5-4-16(28-3)10-18(17)29-21/h4-5,10-12,14H,6-9,13H2,1-3H3,(H,22,26). The van der Waals surface area contributed by atoms with Crippen molar-refractivity contribution in [3.63, 3.8) is 0 Å². The predicted molar refractivity (Wildman–Crippen MR) is 106 cm³/mol. The Labute approximate surface area is 169 Å². The van der Waals surface area contributed by atoms with E-state index in [2.05, 4.69) is 10.4 Å². The van der Waals surface area contributed by atoms with Crippen molar-refractivity contribution in [2.75, 3.05) is 26.7 Å². The van der Waals surface area contributed by atoms with Crippen molar-refractivity contribution in [1.29, 1.82) is 0 Å². The largest absolute Gasteiger partial charge is 0.497 e. The van der Waals surface area contributed by atoms with Crippen LogP contribution in [0.5, 0.6) is 11.5 Å². The van der Waals surface area contributed by atoms with Crippen LogP contribution in [-0.2, 0) is 0 Å². The van der Waals surface area contributed by atoms with Gasteiger partial charge in [0.15, 0.2) is 0 Å². The third-order valence-electron chi connectivity index (χ3n) is 5.67. The number of carbonyl (C=O) groups excluding carboxylic acids is 2. The van der Waals surface area contributed by atoms with Crippen molar-refractivity contribution in [2.45, 2.75) is 38.3 Å². The molecule has 2 aliphatic rings. The highest BCUT2D eigenvalue weighted by molar-refractivity contribution is 5.97. The minimum absolute atomic E-state index is 0.0218. The van der Waals surface area contributed by atoms with Crippen LogP contribution >= 0.6 is 0 Å². The summed E-state index contributed by atoms with van der Waals surface area (Å²) in [4.78, 5) is 27.1. The molecule has 1 aromatic carbocycles. The van der Waals surface area contributed by atoms with E-state index in [0.717, 1.165) is 0 Å². The summed E-state index contributed by atoms with van der Waals surface area (Å²) in [5, 5.41) is 7.23. The normalized spacial score (nSPS) is 18.1. The first-order valence-corrected chi connectivity index (χ1v) is 9.89. The summed E-state index contributed by atoms with van der Waals surface area (Å²) >= 11 is 0. The number of aromatic nitrogens is 2. The molecule has 3 heterocycles. The summed E-state index contributed by atoms with van der Waals surface area (Å²) in [5.74, 6) is 0.992. The third kappa shape index (κ3) is 3.66. The van der Waals surface area contributed by atoms with Crippen LogP contribution in [0.1, 0.15) is 53.4 Å². The second-order valence-corrected chi connectivity index (χ2v) is 7.92. The van der Waals surface area contributed by atoms with Crippen molar-refractivity contribution in [1.82, 2.24) is 20.0 Å². The number of likely N-dealkylation sites (tertiary alicyclic amines) is 1. The zero-order valence-electron chi connectivity index (χ0n) is 17.0. The number of hydrogen-bond acceptors (Lipinski definition) is 5. The number of benzene rings is 1. The van der Waals surface area contributed by atoms with Gasteiger partial charge in [0.05, 0.1) is 31.0 Å². The van der Waals surface area contributed by atoms with E-state index in [9.17, 15) is 9.59 Å². The molecule has 2 aromatic rings. The maximum atomic E-state index is 12.9. The molecule has 0 atom stereocenters. The van der Waals surface area contributed by atoms with Crippen LogP contribution in [0.2, 0.25) is 0 Å². The smallest absolute Gasteiger partial charge is 0.257 e. The number of amides is 2. The third-order valence-corrected chi connectivity index (χ3v) is 5.67. The summed E-state index contributed by atoms with van der Waals surface area (Å²) in [5.41, 5.74) is 0.564. The molecule has 154 valence electrons. The SMILES string of the molecule is COc1ccc2c(c1)OC1(CCN(C(=O)c3cnn(C(C)C)c3)CC1)CNC2=O. The predicted octanol–water partition coefficient (Wildman–Crippen LogP) is 2.27. The fourth-order valence-corrected chi connectivity index (χ4v) is 3.82. The molecule has 1 N–H and O–H groups in total. The molecule has 1 saturated heterocycles. The van der Waals surface area contributed by atoms with E-state index < -0.39 is 5.60 Å². The Bertz CT molecular complexity index is 929. The van der Waals surface area contributed by atoms with Crippen molar-refractivity contribution in [3.8, 4) is 11.5 Å². The number of methoxy groups -OCH3 is 1. The van der Waals surface area contributed by atoms with Crippen LogP contribution in [0.3, 0.4) is 0 Å². The molecule has 8 nitrogen and oxygen atoms in total. The van der Waals surface area contributed by atoms with Crippen LogP contribution in [0, 0.1) is 0 Å². The van der Waals surface area contributed by atoms with Gasteiger partial charge < -0.3 is 19.7 Å². The lowest BCUT2D eigenvalue weighted by atomic mass is 9.90. The molecule has 8 heteroatoms. The van der Waals surface area contributed by atoms with Gasteiger partial charge in [-0.15, -0.1) is 0 Å². The molecule has 0 saturated carbocycles. The Morgan fingerprint density at radius 2 is 2.07 bits per heavy atom. The van der Waals surface area contributed by atoms with E-state index in [4.69, 9.17) is 9.47 Å². The van der Waals surface area contributed by atoms with E-state index in [-0.39, 0.29) is 17.9 Å². The van der Waals surface area contributed by atoms with Gasteiger partial charge in [-0.1, -0.05) is 0 Å². The zero-order chi connectivity index (χ0) is 20.6. The van der Waals surface area contributed by atoms with Crippen LogP contribution in [0.25, 0.3) is 0 Å². The average molecular weight is 398 g/mol. The van der Waals surface area contributed by atoms with Gasteiger partial charge >= 0.3 is 0 Å². The molecular formula is C21H26N4O4. The minimum Gasteiger partial charge on any atom is -0.497 e. The van der Waals surface area contributed by atoms with E-state index in [1.165, 1.54) is 0 Å². The molecule has 0 aliphatic carbocycles. The van der Waals surface area contributed by atoms with Gasteiger partial charge in [0.25, 0.3) is 11.8 Å². The molecule has 2 amide bonds.